The molecule has 6 heteroatoms. The smallest absolute Gasteiger partial charge is 0.307 e. The van der Waals surface area contributed by atoms with Crippen molar-refractivity contribution in [1.29, 1.82) is 0 Å². The third-order valence-corrected chi connectivity index (χ3v) is 7.26. The van der Waals surface area contributed by atoms with Gasteiger partial charge in [0.2, 0.25) is 0 Å². The Morgan fingerprint density at radius 1 is 1.17 bits per heavy atom. The molecule has 2 fully saturated rings. The van der Waals surface area contributed by atoms with E-state index in [-0.39, 0.29) is 17.2 Å². The minimum atomic E-state index is -0.685. The third-order valence-electron chi connectivity index (χ3n) is 7.26. The van der Waals surface area contributed by atoms with E-state index in [1.54, 1.807) is 0 Å². The van der Waals surface area contributed by atoms with Crippen LogP contribution in [0.4, 0.5) is 0 Å². The minimum absolute atomic E-state index is 0.00875. The Balaban J connectivity index is 1.37. The molecule has 5 rings (SSSR count). The largest absolute Gasteiger partial charge is 0.481 e. The second-order valence-electron chi connectivity index (χ2n) is 8.81. The Labute approximate surface area is 170 Å². The van der Waals surface area contributed by atoms with Gasteiger partial charge in [-0.25, -0.2) is 4.68 Å². The van der Waals surface area contributed by atoms with Crippen LogP contribution < -0.4 is 0 Å². The van der Waals surface area contributed by atoms with Crippen molar-refractivity contribution in [3.63, 3.8) is 0 Å². The van der Waals surface area contributed by atoms with E-state index in [1.807, 2.05) is 9.58 Å². The Morgan fingerprint density at radius 3 is 2.52 bits per heavy atom. The first kappa shape index (κ1) is 18.4. The molecule has 2 aromatic rings. The van der Waals surface area contributed by atoms with Crippen LogP contribution in [-0.4, -0.2) is 44.8 Å². The highest BCUT2D eigenvalue weighted by molar-refractivity contribution is 5.94. The number of carboxylic acid groups (broad SMARTS) is 1. The van der Waals surface area contributed by atoms with Gasteiger partial charge in [-0.3, -0.25) is 9.59 Å². The predicted molar refractivity (Wildman–Crippen MR) is 108 cm³/mol. The fraction of sp³-hybridized carbons (Fsp3) is 0.522. The van der Waals surface area contributed by atoms with Gasteiger partial charge >= 0.3 is 5.97 Å². The van der Waals surface area contributed by atoms with E-state index in [1.165, 1.54) is 11.3 Å². The van der Waals surface area contributed by atoms with Crippen molar-refractivity contribution < 1.29 is 14.7 Å². The number of nitrogens with zero attached hydrogens (tertiary/aromatic N) is 3. The molecule has 1 saturated carbocycles. The Bertz CT molecular complexity index is 968. The number of likely N-dealkylation sites (tertiary alicyclic amines) is 1. The first-order valence-electron chi connectivity index (χ1n) is 10.7. The van der Waals surface area contributed by atoms with Gasteiger partial charge in [-0.15, -0.1) is 0 Å². The highest BCUT2D eigenvalue weighted by atomic mass is 16.4. The summed E-state index contributed by atoms with van der Waals surface area (Å²) in [6, 6.07) is 8.42. The molecule has 1 spiro atoms. The van der Waals surface area contributed by atoms with Crippen LogP contribution in [0.25, 0.3) is 5.69 Å². The molecule has 1 N–H and O–H groups in total. The van der Waals surface area contributed by atoms with E-state index >= 15 is 0 Å². The quantitative estimate of drug-likeness (QED) is 0.865. The number of piperidine rings is 1. The van der Waals surface area contributed by atoms with Gasteiger partial charge in [-0.2, -0.15) is 5.10 Å². The van der Waals surface area contributed by atoms with Crippen molar-refractivity contribution in [1.82, 2.24) is 14.7 Å². The molecular formula is C23H27N3O3. The van der Waals surface area contributed by atoms with Crippen molar-refractivity contribution in [3.8, 4) is 5.69 Å². The molecule has 152 valence electrons. The lowest BCUT2D eigenvalue weighted by molar-refractivity contribution is -0.139. The zero-order chi connectivity index (χ0) is 20.2. The second kappa shape index (κ2) is 6.71. The summed E-state index contributed by atoms with van der Waals surface area (Å²) in [5, 5.41) is 14.0. The molecule has 1 amide bonds. The standard InChI is InChI=1S/C23H27N3O3/c1-2-15-6-8-16(9-7-15)26-19-5-3-4-17(19)20(24-26)21(27)25-12-10-23(11-13-25)14-18(23)22(28)29/h6-9,18H,2-5,10-14H2,1H3,(H,28,29). The van der Waals surface area contributed by atoms with Crippen molar-refractivity contribution in [2.24, 2.45) is 11.3 Å². The Morgan fingerprint density at radius 2 is 1.90 bits per heavy atom. The van der Waals surface area contributed by atoms with Gasteiger partial charge in [-0.1, -0.05) is 19.1 Å². The van der Waals surface area contributed by atoms with Crippen LogP contribution in [-0.2, 0) is 24.1 Å². The number of hydrogen-bond acceptors (Lipinski definition) is 3. The summed E-state index contributed by atoms with van der Waals surface area (Å²) < 4.78 is 1.96. The number of aryl methyl sites for hydroxylation is 1. The lowest BCUT2D eigenvalue weighted by Crippen LogP contribution is -2.40. The average Bonchev–Trinajstić information content (AvgIpc) is 3.08. The normalized spacial score (nSPS) is 22.0. The van der Waals surface area contributed by atoms with E-state index in [0.29, 0.717) is 18.8 Å². The molecule has 2 aliphatic carbocycles. The number of fused-ring (bicyclic) bond motifs is 1. The second-order valence-corrected chi connectivity index (χ2v) is 8.81. The molecule has 3 aliphatic rings. The number of aliphatic carboxylic acids is 1. The summed E-state index contributed by atoms with van der Waals surface area (Å²) >= 11 is 0. The highest BCUT2D eigenvalue weighted by Gasteiger charge is 2.59. The van der Waals surface area contributed by atoms with E-state index in [2.05, 4.69) is 31.2 Å². The summed E-state index contributed by atoms with van der Waals surface area (Å²) in [4.78, 5) is 26.5. The first-order chi connectivity index (χ1) is 14.0. The van der Waals surface area contributed by atoms with Crippen LogP contribution in [0.5, 0.6) is 0 Å². The minimum Gasteiger partial charge on any atom is -0.481 e. The number of carbonyl (C=O) groups excluding carboxylic acids is 1. The molecular weight excluding hydrogens is 366 g/mol. The van der Waals surface area contributed by atoms with Gasteiger partial charge in [0.15, 0.2) is 5.69 Å². The summed E-state index contributed by atoms with van der Waals surface area (Å²) in [6.07, 6.45) is 6.26. The Hall–Kier alpha value is -2.63. The molecule has 1 unspecified atom stereocenters. The zero-order valence-electron chi connectivity index (χ0n) is 16.9. The van der Waals surface area contributed by atoms with Crippen molar-refractivity contribution >= 4 is 11.9 Å². The van der Waals surface area contributed by atoms with Gasteiger partial charge in [-0.05, 0) is 68.1 Å². The molecule has 1 aromatic carbocycles. The van der Waals surface area contributed by atoms with Crippen LogP contribution in [0.3, 0.4) is 0 Å². The number of carboxylic acids is 1. The predicted octanol–water partition coefficient (Wildman–Crippen LogP) is 3.25. The van der Waals surface area contributed by atoms with Crippen molar-refractivity contribution in [2.45, 2.75) is 51.9 Å². The number of benzene rings is 1. The SMILES string of the molecule is CCc1ccc(-n2nc(C(=O)N3CCC4(CC3)CC4C(=O)O)c3c2CCC3)cc1. The van der Waals surface area contributed by atoms with Crippen LogP contribution in [0.1, 0.15) is 59.9 Å². The fourth-order valence-corrected chi connectivity index (χ4v) is 5.25. The zero-order valence-corrected chi connectivity index (χ0v) is 16.9. The number of amides is 1. The van der Waals surface area contributed by atoms with Gasteiger partial charge in [0.05, 0.1) is 11.6 Å². The highest BCUT2D eigenvalue weighted by Crippen LogP contribution is 2.59. The molecule has 1 atom stereocenters. The summed E-state index contributed by atoms with van der Waals surface area (Å²) in [5.74, 6) is -0.890. The number of hydrogen-bond donors (Lipinski definition) is 1. The van der Waals surface area contributed by atoms with Crippen LogP contribution in [0, 0.1) is 11.3 Å². The molecule has 0 bridgehead atoms. The van der Waals surface area contributed by atoms with Crippen LogP contribution in [0.2, 0.25) is 0 Å². The molecule has 1 saturated heterocycles. The van der Waals surface area contributed by atoms with E-state index in [9.17, 15) is 14.7 Å². The maximum atomic E-state index is 13.3. The average molecular weight is 393 g/mol. The van der Waals surface area contributed by atoms with Gasteiger partial charge in [0.1, 0.15) is 0 Å². The number of rotatable bonds is 4. The maximum absolute atomic E-state index is 13.3. The van der Waals surface area contributed by atoms with Crippen molar-refractivity contribution in [3.05, 3.63) is 46.8 Å². The van der Waals surface area contributed by atoms with E-state index in [0.717, 1.165) is 56.2 Å². The topological polar surface area (TPSA) is 75.4 Å². The lowest BCUT2D eigenvalue weighted by Gasteiger charge is -2.32. The Kier molecular flexibility index (Phi) is 4.26. The summed E-state index contributed by atoms with van der Waals surface area (Å²) in [5.41, 5.74) is 5.10. The fourth-order valence-electron chi connectivity index (χ4n) is 5.25. The summed E-state index contributed by atoms with van der Waals surface area (Å²) in [6.45, 7) is 3.41. The maximum Gasteiger partial charge on any atom is 0.307 e. The van der Waals surface area contributed by atoms with E-state index in [4.69, 9.17) is 5.10 Å². The van der Waals surface area contributed by atoms with Crippen molar-refractivity contribution in [2.75, 3.05) is 13.1 Å². The third kappa shape index (κ3) is 2.96. The van der Waals surface area contributed by atoms with Gasteiger partial charge in [0, 0.05) is 24.3 Å². The molecule has 1 aliphatic heterocycles. The van der Waals surface area contributed by atoms with Gasteiger partial charge in [0.25, 0.3) is 5.91 Å². The number of carbonyl (C=O) groups is 2. The molecule has 29 heavy (non-hydrogen) atoms. The number of aromatic nitrogens is 2. The van der Waals surface area contributed by atoms with E-state index < -0.39 is 5.97 Å². The monoisotopic (exact) mass is 393 g/mol. The van der Waals surface area contributed by atoms with Crippen LogP contribution in [0.15, 0.2) is 24.3 Å². The lowest BCUT2D eigenvalue weighted by atomic mass is 9.90. The molecule has 6 nitrogen and oxygen atoms in total. The molecule has 2 heterocycles. The molecule has 1 aromatic heterocycles. The summed E-state index contributed by atoms with van der Waals surface area (Å²) in [7, 11) is 0. The molecule has 0 radical (unpaired) electrons. The van der Waals surface area contributed by atoms with Gasteiger partial charge < -0.3 is 10.0 Å². The first-order valence-corrected chi connectivity index (χ1v) is 10.7. The van der Waals surface area contributed by atoms with Crippen LogP contribution >= 0.6 is 0 Å².